The number of carbonyl (C=O) groups is 1. The Morgan fingerprint density at radius 1 is 1.59 bits per heavy atom. The molecule has 0 aliphatic rings. The Morgan fingerprint density at radius 3 is 2.82 bits per heavy atom. The predicted molar refractivity (Wildman–Crippen MR) is 64.5 cm³/mol. The van der Waals surface area contributed by atoms with Crippen molar-refractivity contribution in [3.8, 4) is 0 Å². The molecule has 0 saturated carbocycles. The van der Waals surface area contributed by atoms with Crippen molar-refractivity contribution in [3.05, 3.63) is 30.1 Å². The molecule has 17 heavy (non-hydrogen) atoms. The highest BCUT2D eigenvalue weighted by molar-refractivity contribution is 5.93. The topological polar surface area (TPSA) is 91.0 Å². The summed E-state index contributed by atoms with van der Waals surface area (Å²) in [5.74, 6) is -0.539. The third-order valence-corrected chi connectivity index (χ3v) is 2.17. The lowest BCUT2D eigenvalue weighted by Crippen LogP contribution is -2.45. The van der Waals surface area contributed by atoms with Crippen LogP contribution < -0.4 is 16.4 Å². The van der Waals surface area contributed by atoms with Crippen LogP contribution in [0.25, 0.3) is 0 Å². The third kappa shape index (κ3) is 4.10. The van der Waals surface area contributed by atoms with E-state index in [9.17, 15) is 9.18 Å². The summed E-state index contributed by atoms with van der Waals surface area (Å²) in [6.45, 7) is 1.80. The number of hydrogen-bond acceptors (Lipinski definition) is 2. The van der Waals surface area contributed by atoms with Crippen LogP contribution in [0.1, 0.15) is 13.3 Å². The quantitative estimate of drug-likeness (QED) is 0.474. The minimum atomic E-state index is -0.516. The van der Waals surface area contributed by atoms with Crippen LogP contribution in [0, 0.1) is 11.2 Å². The molecule has 0 fully saturated rings. The van der Waals surface area contributed by atoms with E-state index in [0.717, 1.165) is 0 Å². The first-order valence-electron chi connectivity index (χ1n) is 5.20. The Hall–Kier alpha value is -2.11. The van der Waals surface area contributed by atoms with Crippen molar-refractivity contribution in [2.24, 2.45) is 5.73 Å². The van der Waals surface area contributed by atoms with Gasteiger partial charge in [0.05, 0.1) is 6.04 Å². The summed E-state index contributed by atoms with van der Waals surface area (Å²) in [4.78, 5) is 11.5. The van der Waals surface area contributed by atoms with Gasteiger partial charge in [-0.15, -0.1) is 0 Å². The normalized spacial score (nSPS) is 11.6. The zero-order chi connectivity index (χ0) is 12.8. The van der Waals surface area contributed by atoms with Crippen LogP contribution in [0.3, 0.4) is 0 Å². The predicted octanol–water partition coefficient (Wildman–Crippen LogP) is 1.66. The lowest BCUT2D eigenvalue weighted by Gasteiger charge is -2.15. The van der Waals surface area contributed by atoms with E-state index in [0.29, 0.717) is 12.1 Å². The first kappa shape index (κ1) is 13.0. The minimum Gasteiger partial charge on any atom is -0.386 e. The monoisotopic (exact) mass is 238 g/mol. The van der Waals surface area contributed by atoms with E-state index in [1.165, 1.54) is 18.2 Å². The fourth-order valence-corrected chi connectivity index (χ4v) is 1.29. The Bertz CT molecular complexity index is 422. The van der Waals surface area contributed by atoms with E-state index in [1.54, 1.807) is 13.0 Å². The number of hydrogen-bond donors (Lipinski definition) is 4. The molecule has 1 unspecified atom stereocenters. The first-order chi connectivity index (χ1) is 8.02. The molecule has 0 spiro atoms. The number of amides is 2. The summed E-state index contributed by atoms with van der Waals surface area (Å²) in [6.07, 6.45) is 0.520. The van der Waals surface area contributed by atoms with E-state index >= 15 is 0 Å². The molecule has 6 heteroatoms. The number of amidine groups is 1. The molecular weight excluding hydrogens is 223 g/mol. The number of urea groups is 1. The van der Waals surface area contributed by atoms with E-state index < -0.39 is 17.9 Å². The lowest BCUT2D eigenvalue weighted by atomic mass is 10.2. The van der Waals surface area contributed by atoms with E-state index in [-0.39, 0.29) is 5.84 Å². The standard InChI is InChI=1S/C11H15FN4O/c1-2-9(10(13)14)16-11(17)15-8-5-3-4-7(12)6-8/h3-6,9H,2H2,1H3,(H3,13,14)(H2,15,16,17). The van der Waals surface area contributed by atoms with Gasteiger partial charge in [0.1, 0.15) is 11.7 Å². The van der Waals surface area contributed by atoms with Crippen molar-refractivity contribution in [1.29, 1.82) is 5.41 Å². The number of halogens is 1. The zero-order valence-corrected chi connectivity index (χ0v) is 9.46. The molecule has 0 aromatic heterocycles. The highest BCUT2D eigenvalue weighted by atomic mass is 19.1. The van der Waals surface area contributed by atoms with Gasteiger partial charge in [0.25, 0.3) is 0 Å². The molecule has 92 valence electrons. The molecule has 0 aliphatic carbocycles. The maximum absolute atomic E-state index is 12.8. The highest BCUT2D eigenvalue weighted by Crippen LogP contribution is 2.08. The number of rotatable bonds is 4. The molecule has 1 aromatic carbocycles. The Morgan fingerprint density at radius 2 is 2.29 bits per heavy atom. The lowest BCUT2D eigenvalue weighted by molar-refractivity contribution is 0.250. The van der Waals surface area contributed by atoms with Gasteiger partial charge in [-0.25, -0.2) is 9.18 Å². The third-order valence-electron chi connectivity index (χ3n) is 2.17. The summed E-state index contributed by atoms with van der Waals surface area (Å²) in [6, 6.07) is 4.52. The van der Waals surface area contributed by atoms with E-state index in [4.69, 9.17) is 11.1 Å². The van der Waals surface area contributed by atoms with Gasteiger partial charge in [0.15, 0.2) is 0 Å². The first-order valence-corrected chi connectivity index (χ1v) is 5.20. The summed E-state index contributed by atoms with van der Waals surface area (Å²) in [5.41, 5.74) is 5.64. The average molecular weight is 238 g/mol. The molecule has 1 rings (SSSR count). The summed E-state index contributed by atoms with van der Waals surface area (Å²) >= 11 is 0. The fraction of sp³-hybridized carbons (Fsp3) is 0.273. The van der Waals surface area contributed by atoms with Gasteiger partial charge >= 0.3 is 6.03 Å². The van der Waals surface area contributed by atoms with Crippen LogP contribution >= 0.6 is 0 Å². The molecule has 0 saturated heterocycles. The average Bonchev–Trinajstić information content (AvgIpc) is 2.25. The smallest absolute Gasteiger partial charge is 0.319 e. The second kappa shape index (κ2) is 5.83. The second-order valence-corrected chi connectivity index (χ2v) is 3.52. The molecular formula is C11H15FN4O. The molecule has 1 atom stereocenters. The van der Waals surface area contributed by atoms with Gasteiger partial charge in [-0.2, -0.15) is 0 Å². The van der Waals surface area contributed by atoms with Crippen molar-refractivity contribution >= 4 is 17.6 Å². The van der Waals surface area contributed by atoms with E-state index in [1.807, 2.05) is 0 Å². The summed E-state index contributed by atoms with van der Waals surface area (Å²) in [7, 11) is 0. The maximum atomic E-state index is 12.8. The number of benzene rings is 1. The van der Waals surface area contributed by atoms with Crippen LogP contribution in [0.4, 0.5) is 14.9 Å². The van der Waals surface area contributed by atoms with Crippen molar-refractivity contribution in [2.75, 3.05) is 5.32 Å². The SMILES string of the molecule is CCC(NC(=O)Nc1cccc(F)c1)C(=N)N. The number of nitrogens with one attached hydrogen (secondary N) is 3. The van der Waals surface area contributed by atoms with Crippen LogP contribution in [-0.2, 0) is 0 Å². The zero-order valence-electron chi connectivity index (χ0n) is 9.46. The van der Waals surface area contributed by atoms with Crippen LogP contribution in [0.2, 0.25) is 0 Å². The molecule has 0 radical (unpaired) electrons. The molecule has 2 amide bonds. The van der Waals surface area contributed by atoms with Crippen molar-refractivity contribution < 1.29 is 9.18 Å². The van der Waals surface area contributed by atoms with Gasteiger partial charge in [-0.05, 0) is 24.6 Å². The van der Waals surface area contributed by atoms with Gasteiger partial charge in [0.2, 0.25) is 0 Å². The van der Waals surface area contributed by atoms with Gasteiger partial charge in [-0.3, -0.25) is 5.41 Å². The van der Waals surface area contributed by atoms with E-state index in [2.05, 4.69) is 10.6 Å². The van der Waals surface area contributed by atoms with Crippen LogP contribution in [-0.4, -0.2) is 17.9 Å². The fourth-order valence-electron chi connectivity index (χ4n) is 1.29. The summed E-state index contributed by atoms with van der Waals surface area (Å²) < 4.78 is 12.8. The Kier molecular flexibility index (Phi) is 4.45. The number of anilines is 1. The van der Waals surface area contributed by atoms with Crippen molar-refractivity contribution in [1.82, 2.24) is 5.32 Å². The second-order valence-electron chi connectivity index (χ2n) is 3.52. The van der Waals surface area contributed by atoms with Crippen LogP contribution in [0.15, 0.2) is 24.3 Å². The molecule has 5 N–H and O–H groups in total. The largest absolute Gasteiger partial charge is 0.386 e. The Labute approximate surface area is 98.7 Å². The number of nitrogens with two attached hydrogens (primary N) is 1. The molecule has 5 nitrogen and oxygen atoms in total. The van der Waals surface area contributed by atoms with Crippen molar-refractivity contribution in [3.63, 3.8) is 0 Å². The van der Waals surface area contributed by atoms with Crippen LogP contribution in [0.5, 0.6) is 0 Å². The number of carbonyl (C=O) groups excluding carboxylic acids is 1. The molecule has 0 bridgehead atoms. The molecule has 0 heterocycles. The van der Waals surface area contributed by atoms with Crippen molar-refractivity contribution in [2.45, 2.75) is 19.4 Å². The summed E-state index contributed by atoms with van der Waals surface area (Å²) in [5, 5.41) is 12.2. The van der Waals surface area contributed by atoms with Gasteiger partial charge < -0.3 is 16.4 Å². The maximum Gasteiger partial charge on any atom is 0.319 e. The minimum absolute atomic E-state index is 0.109. The Balaban J connectivity index is 2.58. The van der Waals surface area contributed by atoms with Gasteiger partial charge in [-0.1, -0.05) is 13.0 Å². The molecule has 1 aromatic rings. The highest BCUT2D eigenvalue weighted by Gasteiger charge is 2.12. The van der Waals surface area contributed by atoms with Gasteiger partial charge in [0, 0.05) is 5.69 Å². The molecule has 0 aliphatic heterocycles.